The second-order valence-electron chi connectivity index (χ2n) is 11.7. The van der Waals surface area contributed by atoms with E-state index in [0.29, 0.717) is 5.75 Å². The minimum absolute atomic E-state index is 0. The minimum atomic E-state index is -3.32. The molecule has 0 amide bonds. The van der Waals surface area contributed by atoms with Gasteiger partial charge in [-0.1, -0.05) is 189 Å². The van der Waals surface area contributed by atoms with E-state index in [2.05, 4.69) is 32.0 Å². The van der Waals surface area contributed by atoms with Crippen LogP contribution < -0.4 is 9.42 Å². The Balaban J connectivity index is 0.00000882. The van der Waals surface area contributed by atoms with Crippen LogP contribution in [0.1, 0.15) is 153 Å². The van der Waals surface area contributed by atoms with E-state index in [-0.39, 0.29) is 19.5 Å². The SMILES string of the molecule is CCCCCCCCCCCCc1ccccc1OP([O-])(=S)Sc1ccccc1CCCCCCCCCCCC.[Zn]. The Morgan fingerprint density at radius 2 is 0.952 bits per heavy atom. The summed E-state index contributed by atoms with van der Waals surface area (Å²) >= 11 is 6.81. The van der Waals surface area contributed by atoms with Crippen molar-refractivity contribution >= 4 is 28.9 Å². The monoisotopic (exact) mass is 681 g/mol. The summed E-state index contributed by atoms with van der Waals surface area (Å²) in [5, 5.41) is 0. The van der Waals surface area contributed by atoms with Crippen LogP contribution in [0.2, 0.25) is 0 Å². The fourth-order valence-electron chi connectivity index (χ4n) is 5.46. The van der Waals surface area contributed by atoms with Gasteiger partial charge in [0, 0.05) is 24.4 Å². The van der Waals surface area contributed by atoms with Crippen molar-refractivity contribution in [3.8, 4) is 5.75 Å². The number of hydrogen-bond acceptors (Lipinski definition) is 4. The van der Waals surface area contributed by atoms with Crippen LogP contribution in [0.3, 0.4) is 0 Å². The number of benzene rings is 2. The van der Waals surface area contributed by atoms with E-state index >= 15 is 0 Å². The van der Waals surface area contributed by atoms with Gasteiger partial charge in [0.1, 0.15) is 11.4 Å². The van der Waals surface area contributed by atoms with Crippen LogP contribution in [0, 0.1) is 0 Å². The first-order valence-corrected chi connectivity index (χ1v) is 21.0. The molecule has 0 aromatic heterocycles. The molecule has 0 aliphatic heterocycles. The summed E-state index contributed by atoms with van der Waals surface area (Å²) in [5.41, 5.74) is -0.960. The third-order valence-corrected chi connectivity index (χ3v) is 11.6. The van der Waals surface area contributed by atoms with Gasteiger partial charge < -0.3 is 9.42 Å². The second-order valence-corrected chi connectivity index (χ2v) is 17.5. The van der Waals surface area contributed by atoms with Crippen molar-refractivity contribution in [2.24, 2.45) is 0 Å². The van der Waals surface area contributed by atoms with Gasteiger partial charge in [0.25, 0.3) is 0 Å². The first-order valence-electron chi connectivity index (χ1n) is 16.9. The van der Waals surface area contributed by atoms with Gasteiger partial charge >= 0.3 is 0 Å². The molecule has 0 radical (unpaired) electrons. The predicted octanol–water partition coefficient (Wildman–Crippen LogP) is 12.4. The molecule has 2 aromatic carbocycles. The van der Waals surface area contributed by atoms with Gasteiger partial charge in [-0.3, -0.25) is 0 Å². The molecule has 1 atom stereocenters. The fraction of sp³-hybridized carbons (Fsp3) is 0.667. The molecular formula is C36H58O2PS2Zn-. The molecule has 0 aliphatic carbocycles. The van der Waals surface area contributed by atoms with Gasteiger partial charge in [-0.05, 0) is 48.9 Å². The van der Waals surface area contributed by atoms with Crippen LogP contribution >= 0.6 is 17.1 Å². The maximum Gasteiger partial charge on any atom is 0.126 e. The zero-order chi connectivity index (χ0) is 29.4. The smallest absolute Gasteiger partial charge is 0.126 e. The summed E-state index contributed by atoms with van der Waals surface area (Å²) in [6.07, 6.45) is 28.5. The van der Waals surface area contributed by atoms with Gasteiger partial charge in [0.05, 0.1) is 0 Å². The maximum atomic E-state index is 13.5. The van der Waals surface area contributed by atoms with Crippen molar-refractivity contribution in [1.82, 2.24) is 0 Å². The Labute approximate surface area is 281 Å². The standard InChI is InChI=1S/C36H59O2PS2.Zn/c1-3-5-7-9-11-13-15-17-19-21-27-33-28-23-25-31-35(33)38-39(37,40)41-36-32-26-24-30-34(36)29-22-20-18-16-14-12-10-8-6-4-2;/h23-26,28,30-32H,3-22,27,29H2,1-2H3,(H,37,40);/p-1. The van der Waals surface area contributed by atoms with Crippen LogP contribution in [-0.4, -0.2) is 0 Å². The predicted molar refractivity (Wildman–Crippen MR) is 185 cm³/mol. The number of aryl methyl sites for hydroxylation is 2. The molecule has 0 fully saturated rings. The molecule has 234 valence electrons. The zero-order valence-corrected chi connectivity index (χ0v) is 32.5. The molecule has 0 N–H and O–H groups in total. The molecule has 0 heterocycles. The molecule has 6 heteroatoms. The Hall–Kier alpha value is -0.177. The van der Waals surface area contributed by atoms with E-state index in [0.717, 1.165) is 36.1 Å². The van der Waals surface area contributed by atoms with Crippen molar-refractivity contribution in [2.75, 3.05) is 0 Å². The Morgan fingerprint density at radius 1 is 0.571 bits per heavy atom. The van der Waals surface area contributed by atoms with E-state index < -0.39 is 5.69 Å². The molecule has 0 spiro atoms. The van der Waals surface area contributed by atoms with Gasteiger partial charge in [0.15, 0.2) is 0 Å². The van der Waals surface area contributed by atoms with E-state index in [9.17, 15) is 4.89 Å². The van der Waals surface area contributed by atoms with E-state index in [1.807, 2.05) is 30.3 Å². The number of para-hydroxylation sites is 1. The van der Waals surface area contributed by atoms with Crippen LogP contribution in [0.15, 0.2) is 53.4 Å². The molecule has 2 nitrogen and oxygen atoms in total. The second kappa shape index (κ2) is 26.1. The number of rotatable bonds is 26. The maximum absolute atomic E-state index is 13.5. The van der Waals surface area contributed by atoms with Crippen molar-refractivity contribution in [1.29, 1.82) is 0 Å². The third kappa shape index (κ3) is 19.3. The molecule has 42 heavy (non-hydrogen) atoms. The number of hydrogen-bond donors (Lipinski definition) is 0. The van der Waals surface area contributed by atoms with Crippen molar-refractivity contribution < 1.29 is 28.9 Å². The van der Waals surface area contributed by atoms with Gasteiger partial charge in [-0.15, -0.1) is 0 Å². The molecule has 0 saturated heterocycles. The molecule has 0 saturated carbocycles. The van der Waals surface area contributed by atoms with Gasteiger partial charge in [-0.25, -0.2) is 0 Å². The van der Waals surface area contributed by atoms with E-state index in [1.54, 1.807) is 0 Å². The van der Waals surface area contributed by atoms with Gasteiger partial charge in [-0.2, -0.15) is 0 Å². The van der Waals surface area contributed by atoms with E-state index in [4.69, 9.17) is 16.3 Å². The average molecular weight is 683 g/mol. The summed E-state index contributed by atoms with van der Waals surface area (Å²) in [7, 11) is 0. The quantitative estimate of drug-likeness (QED) is 0.0561. The molecule has 2 rings (SSSR count). The zero-order valence-electron chi connectivity index (χ0n) is 27.0. The van der Waals surface area contributed by atoms with Crippen LogP contribution in [0.4, 0.5) is 0 Å². The minimum Gasteiger partial charge on any atom is -0.783 e. The molecule has 2 aromatic rings. The first kappa shape index (κ1) is 39.8. The molecule has 0 aliphatic rings. The molecule has 1 unspecified atom stereocenters. The third-order valence-electron chi connectivity index (χ3n) is 7.96. The fourth-order valence-corrected chi connectivity index (χ4v) is 9.16. The molecule has 0 bridgehead atoms. The Morgan fingerprint density at radius 3 is 1.45 bits per heavy atom. The van der Waals surface area contributed by atoms with Crippen molar-refractivity contribution in [2.45, 2.75) is 160 Å². The van der Waals surface area contributed by atoms with Gasteiger partial charge in [0.2, 0.25) is 0 Å². The van der Waals surface area contributed by atoms with Crippen LogP contribution in [0.25, 0.3) is 0 Å². The number of unbranched alkanes of at least 4 members (excludes halogenated alkanes) is 18. The summed E-state index contributed by atoms with van der Waals surface area (Å²) in [5.74, 6) is 0.696. The summed E-state index contributed by atoms with van der Waals surface area (Å²) < 4.78 is 6.07. The van der Waals surface area contributed by atoms with Crippen LogP contribution in [0.5, 0.6) is 5.75 Å². The summed E-state index contributed by atoms with van der Waals surface area (Å²) in [6, 6.07) is 16.3. The normalized spacial score (nSPS) is 12.5. The Bertz CT molecular complexity index is 897. The first-order chi connectivity index (χ1) is 20.1. The largest absolute Gasteiger partial charge is 0.783 e. The van der Waals surface area contributed by atoms with Crippen LogP contribution in [-0.2, 0) is 44.1 Å². The topological polar surface area (TPSA) is 32.3 Å². The molecular weight excluding hydrogens is 625 g/mol. The van der Waals surface area contributed by atoms with Crippen molar-refractivity contribution in [3.05, 3.63) is 59.7 Å². The van der Waals surface area contributed by atoms with Crippen molar-refractivity contribution in [3.63, 3.8) is 0 Å². The summed E-state index contributed by atoms with van der Waals surface area (Å²) in [4.78, 5) is 14.5. The van der Waals surface area contributed by atoms with E-state index in [1.165, 1.54) is 133 Å². The Kier molecular flexibility index (Phi) is 24.7. The average Bonchev–Trinajstić information content (AvgIpc) is 2.96. The summed E-state index contributed by atoms with van der Waals surface area (Å²) in [6.45, 7) is 4.55.